The zero-order chi connectivity index (χ0) is 27.1. The van der Waals surface area contributed by atoms with Crippen LogP contribution in [-0.2, 0) is 19.1 Å². The molecule has 9 heteroatoms. The molecule has 0 spiro atoms. The zero-order valence-corrected chi connectivity index (χ0v) is 21.7. The van der Waals surface area contributed by atoms with Crippen LogP contribution in [0, 0.1) is 0 Å². The van der Waals surface area contributed by atoms with Crippen molar-refractivity contribution in [2.24, 2.45) is 0 Å². The van der Waals surface area contributed by atoms with Crippen LogP contribution < -0.4 is 10.2 Å². The number of rotatable bonds is 10. The number of benzene rings is 3. The highest BCUT2D eigenvalue weighted by atomic mass is 32.2. The number of nitrogens with one attached hydrogen (secondary N) is 1. The predicted molar refractivity (Wildman–Crippen MR) is 145 cm³/mol. The van der Waals surface area contributed by atoms with Crippen LogP contribution >= 0.6 is 11.8 Å². The molecule has 194 valence electrons. The van der Waals surface area contributed by atoms with Gasteiger partial charge in [0.15, 0.2) is 0 Å². The van der Waals surface area contributed by atoms with Gasteiger partial charge in [0.05, 0.1) is 30.5 Å². The monoisotopic (exact) mass is 530 g/mol. The van der Waals surface area contributed by atoms with Gasteiger partial charge in [0.1, 0.15) is 10.6 Å². The first kappa shape index (κ1) is 26.7. The summed E-state index contributed by atoms with van der Waals surface area (Å²) in [6, 6.07) is 21.8. The molecule has 0 saturated heterocycles. The number of imide groups is 1. The number of nitrogens with zero attached hydrogens (tertiary/aromatic N) is 1. The van der Waals surface area contributed by atoms with Gasteiger partial charge in [0.2, 0.25) is 0 Å². The van der Waals surface area contributed by atoms with Crippen LogP contribution in [0.4, 0.5) is 11.4 Å². The number of hydrogen-bond donors (Lipinski definition) is 1. The molecule has 0 fully saturated rings. The minimum absolute atomic E-state index is 0.109. The van der Waals surface area contributed by atoms with E-state index in [-0.39, 0.29) is 10.6 Å². The first-order valence-electron chi connectivity index (χ1n) is 12.0. The maximum absolute atomic E-state index is 13.5. The summed E-state index contributed by atoms with van der Waals surface area (Å²) >= 11 is 1.18. The van der Waals surface area contributed by atoms with E-state index in [2.05, 4.69) is 5.32 Å². The first-order valence-corrected chi connectivity index (χ1v) is 12.8. The van der Waals surface area contributed by atoms with Crippen molar-refractivity contribution < 1.29 is 28.7 Å². The number of methoxy groups -OCH3 is 1. The maximum atomic E-state index is 13.5. The van der Waals surface area contributed by atoms with Gasteiger partial charge in [-0.1, -0.05) is 43.3 Å². The van der Waals surface area contributed by atoms with E-state index < -0.39 is 23.8 Å². The molecule has 1 aliphatic rings. The van der Waals surface area contributed by atoms with Crippen molar-refractivity contribution in [3.8, 4) is 0 Å². The number of anilines is 2. The van der Waals surface area contributed by atoms with E-state index >= 15 is 0 Å². The Kier molecular flexibility index (Phi) is 8.60. The minimum atomic E-state index is -0.538. The molecule has 0 atom stereocenters. The molecule has 3 aromatic carbocycles. The van der Waals surface area contributed by atoms with Gasteiger partial charge < -0.3 is 14.8 Å². The minimum Gasteiger partial charge on any atom is -0.465 e. The van der Waals surface area contributed by atoms with E-state index in [1.165, 1.54) is 31.0 Å². The fourth-order valence-electron chi connectivity index (χ4n) is 3.65. The number of unbranched alkanes of at least 4 members (excludes halogenated alkanes) is 1. The average Bonchev–Trinajstić information content (AvgIpc) is 3.17. The Morgan fingerprint density at radius 3 is 2.11 bits per heavy atom. The van der Waals surface area contributed by atoms with Crippen molar-refractivity contribution >= 4 is 46.9 Å². The van der Waals surface area contributed by atoms with Crippen molar-refractivity contribution in [1.82, 2.24) is 0 Å². The Bertz CT molecular complexity index is 1370. The van der Waals surface area contributed by atoms with E-state index in [0.717, 1.165) is 22.6 Å². The fraction of sp³-hybridized carbons (Fsp3) is 0.172. The molecule has 1 heterocycles. The maximum Gasteiger partial charge on any atom is 0.338 e. The van der Waals surface area contributed by atoms with Crippen LogP contribution in [0.2, 0.25) is 0 Å². The summed E-state index contributed by atoms with van der Waals surface area (Å²) in [6.07, 6.45) is 1.68. The molecule has 1 aliphatic heterocycles. The molecule has 0 aliphatic carbocycles. The molecular weight excluding hydrogens is 504 g/mol. The van der Waals surface area contributed by atoms with Crippen molar-refractivity contribution in [3.05, 3.63) is 101 Å². The second-order valence-corrected chi connectivity index (χ2v) is 9.38. The van der Waals surface area contributed by atoms with Crippen molar-refractivity contribution in [1.29, 1.82) is 0 Å². The van der Waals surface area contributed by atoms with E-state index in [9.17, 15) is 19.2 Å². The van der Waals surface area contributed by atoms with Crippen LogP contribution in [0.1, 0.15) is 40.5 Å². The summed E-state index contributed by atoms with van der Waals surface area (Å²) in [6.45, 7) is 2.34. The molecule has 8 nitrogen and oxygen atoms in total. The number of esters is 2. The standard InChI is InChI=1S/C29H26N2O6S/c1-3-4-18-37-29(35)20-12-16-22(17-13-20)31-26(32)24(25(27(31)33)38-23-8-6-5-7-9-23)30-21-14-10-19(11-15-21)28(34)36-2/h5-17,30H,3-4,18H2,1-2H3. The van der Waals surface area contributed by atoms with Crippen LogP contribution in [-0.4, -0.2) is 37.5 Å². The predicted octanol–water partition coefficient (Wildman–Crippen LogP) is 5.42. The second kappa shape index (κ2) is 12.2. The Labute approximate surface area is 224 Å². The van der Waals surface area contributed by atoms with E-state index in [4.69, 9.17) is 9.47 Å². The van der Waals surface area contributed by atoms with Crippen LogP contribution in [0.15, 0.2) is 94.4 Å². The molecule has 0 saturated carbocycles. The second-order valence-electron chi connectivity index (χ2n) is 8.30. The molecule has 2 amide bonds. The molecule has 4 rings (SSSR count). The van der Waals surface area contributed by atoms with Gasteiger partial charge in [-0.05, 0) is 67.1 Å². The average molecular weight is 531 g/mol. The molecule has 0 radical (unpaired) electrons. The summed E-state index contributed by atoms with van der Waals surface area (Å²) in [5.41, 5.74) is 1.65. The van der Waals surface area contributed by atoms with Gasteiger partial charge in [-0.15, -0.1) is 0 Å². The van der Waals surface area contributed by atoms with E-state index in [1.54, 1.807) is 36.4 Å². The van der Waals surface area contributed by atoms with E-state index in [0.29, 0.717) is 29.1 Å². The Morgan fingerprint density at radius 1 is 0.842 bits per heavy atom. The van der Waals surface area contributed by atoms with Gasteiger partial charge in [0, 0.05) is 10.6 Å². The summed E-state index contributed by atoms with van der Waals surface area (Å²) in [5, 5.41) is 3.05. The molecule has 3 aromatic rings. The lowest BCUT2D eigenvalue weighted by Gasteiger charge is -2.16. The SMILES string of the molecule is CCCCOC(=O)c1ccc(N2C(=O)C(Nc3ccc(C(=O)OC)cc3)=C(Sc3ccccc3)C2=O)cc1. The van der Waals surface area contributed by atoms with Gasteiger partial charge in [-0.2, -0.15) is 0 Å². The first-order chi connectivity index (χ1) is 18.4. The number of carbonyl (C=O) groups excluding carboxylic acids is 4. The number of ether oxygens (including phenoxy) is 2. The largest absolute Gasteiger partial charge is 0.465 e. The highest BCUT2D eigenvalue weighted by Gasteiger charge is 2.40. The number of amides is 2. The quantitative estimate of drug-likeness (QED) is 0.211. The van der Waals surface area contributed by atoms with E-state index in [1.807, 2.05) is 37.3 Å². The summed E-state index contributed by atoms with van der Waals surface area (Å²) in [7, 11) is 1.30. The lowest BCUT2D eigenvalue weighted by molar-refractivity contribution is -0.120. The molecule has 0 aromatic heterocycles. The Hall–Kier alpha value is -4.37. The van der Waals surface area contributed by atoms with Crippen molar-refractivity contribution in [2.75, 3.05) is 23.9 Å². The van der Waals surface area contributed by atoms with Crippen LogP contribution in [0.5, 0.6) is 0 Å². The summed E-state index contributed by atoms with van der Waals surface area (Å²) in [4.78, 5) is 53.2. The Morgan fingerprint density at radius 2 is 1.47 bits per heavy atom. The van der Waals surface area contributed by atoms with Crippen LogP contribution in [0.25, 0.3) is 0 Å². The van der Waals surface area contributed by atoms with Gasteiger partial charge in [-0.25, -0.2) is 14.5 Å². The number of hydrogen-bond acceptors (Lipinski definition) is 8. The van der Waals surface area contributed by atoms with Crippen LogP contribution in [0.3, 0.4) is 0 Å². The Balaban J connectivity index is 1.61. The van der Waals surface area contributed by atoms with Crippen molar-refractivity contribution in [2.45, 2.75) is 24.7 Å². The topological polar surface area (TPSA) is 102 Å². The molecule has 1 N–H and O–H groups in total. The highest BCUT2D eigenvalue weighted by Crippen LogP contribution is 2.38. The number of thioether (sulfide) groups is 1. The molecule has 0 bridgehead atoms. The zero-order valence-electron chi connectivity index (χ0n) is 20.9. The number of carbonyl (C=O) groups is 4. The third-order valence-electron chi connectivity index (χ3n) is 5.67. The summed E-state index contributed by atoms with van der Waals surface area (Å²) in [5.74, 6) is -1.97. The van der Waals surface area contributed by atoms with Gasteiger partial charge in [-0.3, -0.25) is 9.59 Å². The normalized spacial score (nSPS) is 13.1. The smallest absolute Gasteiger partial charge is 0.338 e. The molecule has 38 heavy (non-hydrogen) atoms. The molecule has 0 unspecified atom stereocenters. The third kappa shape index (κ3) is 5.95. The van der Waals surface area contributed by atoms with Gasteiger partial charge in [0.25, 0.3) is 11.8 Å². The fourth-order valence-corrected chi connectivity index (χ4v) is 4.59. The molecular formula is C29H26N2O6S. The third-order valence-corrected chi connectivity index (χ3v) is 6.76. The van der Waals surface area contributed by atoms with Gasteiger partial charge >= 0.3 is 11.9 Å². The lowest BCUT2D eigenvalue weighted by atomic mass is 10.2. The summed E-state index contributed by atoms with van der Waals surface area (Å²) < 4.78 is 9.96. The van der Waals surface area contributed by atoms with Crippen molar-refractivity contribution in [3.63, 3.8) is 0 Å². The lowest BCUT2D eigenvalue weighted by Crippen LogP contribution is -2.32. The highest BCUT2D eigenvalue weighted by molar-refractivity contribution is 8.04.